The van der Waals surface area contributed by atoms with Crippen LogP contribution in [-0.4, -0.2) is 42.6 Å². The second-order valence-electron chi connectivity index (χ2n) is 3.75. The third-order valence-corrected chi connectivity index (χ3v) is 2.67. The predicted molar refractivity (Wildman–Crippen MR) is 59.6 cm³/mol. The highest BCUT2D eigenvalue weighted by Crippen LogP contribution is 2.12. The number of ether oxygens (including phenoxy) is 1. The minimum Gasteiger partial charge on any atom is -0.378 e. The molecule has 1 aromatic heterocycles. The number of aryl methyl sites for hydroxylation is 1. The first kappa shape index (κ1) is 11.0. The zero-order valence-corrected chi connectivity index (χ0v) is 9.35. The van der Waals surface area contributed by atoms with Crippen molar-refractivity contribution in [2.45, 2.75) is 13.3 Å². The summed E-state index contributed by atoms with van der Waals surface area (Å²) in [6, 6.07) is 0. The highest BCUT2D eigenvalue weighted by atomic mass is 16.5. The van der Waals surface area contributed by atoms with Crippen molar-refractivity contribution in [1.82, 2.24) is 9.97 Å². The molecule has 0 saturated carbocycles. The SMILES string of the molecule is Cc1nc(N2CCOCC2)ncc1CC=O. The minimum atomic E-state index is 0.384. The van der Waals surface area contributed by atoms with Gasteiger partial charge >= 0.3 is 0 Å². The third kappa shape index (κ3) is 2.36. The second kappa shape index (κ2) is 5.03. The van der Waals surface area contributed by atoms with Gasteiger partial charge in [-0.1, -0.05) is 0 Å². The fourth-order valence-corrected chi connectivity index (χ4v) is 1.69. The molecule has 2 rings (SSSR count). The number of anilines is 1. The molecule has 5 heteroatoms. The van der Waals surface area contributed by atoms with Crippen molar-refractivity contribution in [1.29, 1.82) is 0 Å². The Hall–Kier alpha value is -1.49. The molecule has 5 nitrogen and oxygen atoms in total. The molecule has 0 unspecified atom stereocenters. The molecule has 0 aliphatic carbocycles. The summed E-state index contributed by atoms with van der Waals surface area (Å²) < 4.78 is 5.27. The quantitative estimate of drug-likeness (QED) is 0.690. The summed E-state index contributed by atoms with van der Waals surface area (Å²) in [5, 5.41) is 0. The third-order valence-electron chi connectivity index (χ3n) is 2.67. The zero-order chi connectivity index (χ0) is 11.4. The van der Waals surface area contributed by atoms with Gasteiger partial charge < -0.3 is 14.4 Å². The maximum Gasteiger partial charge on any atom is 0.225 e. The van der Waals surface area contributed by atoms with Crippen LogP contribution >= 0.6 is 0 Å². The van der Waals surface area contributed by atoms with Gasteiger partial charge in [0.2, 0.25) is 5.95 Å². The van der Waals surface area contributed by atoms with E-state index in [2.05, 4.69) is 14.9 Å². The summed E-state index contributed by atoms with van der Waals surface area (Å²) >= 11 is 0. The molecule has 0 bridgehead atoms. The molecule has 86 valence electrons. The van der Waals surface area contributed by atoms with Crippen molar-refractivity contribution in [2.24, 2.45) is 0 Å². The van der Waals surface area contributed by atoms with Gasteiger partial charge in [0, 0.05) is 31.4 Å². The van der Waals surface area contributed by atoms with Crippen molar-refractivity contribution in [3.05, 3.63) is 17.5 Å². The normalized spacial score (nSPS) is 16.2. The summed E-state index contributed by atoms with van der Waals surface area (Å²) in [7, 11) is 0. The Balaban J connectivity index is 2.16. The lowest BCUT2D eigenvalue weighted by Crippen LogP contribution is -2.37. The average Bonchev–Trinajstić information content (AvgIpc) is 2.33. The summed E-state index contributed by atoms with van der Waals surface area (Å²) in [5.41, 5.74) is 1.77. The average molecular weight is 221 g/mol. The lowest BCUT2D eigenvalue weighted by atomic mass is 10.2. The molecule has 1 aliphatic heterocycles. The van der Waals surface area contributed by atoms with Gasteiger partial charge in [-0.3, -0.25) is 0 Å². The van der Waals surface area contributed by atoms with Crippen LogP contribution in [0.3, 0.4) is 0 Å². The van der Waals surface area contributed by atoms with E-state index in [4.69, 9.17) is 4.74 Å². The molecule has 0 radical (unpaired) electrons. The van der Waals surface area contributed by atoms with Gasteiger partial charge in [-0.15, -0.1) is 0 Å². The molecule has 0 spiro atoms. The molecule has 1 aromatic rings. The standard InChI is InChI=1S/C11H15N3O2/c1-9-10(2-5-15)8-12-11(13-9)14-3-6-16-7-4-14/h5,8H,2-4,6-7H2,1H3. The molecule has 0 aromatic carbocycles. The van der Waals surface area contributed by atoms with E-state index in [-0.39, 0.29) is 0 Å². The molecule has 0 N–H and O–H groups in total. The van der Waals surface area contributed by atoms with Crippen LogP contribution in [0.4, 0.5) is 5.95 Å². The first-order valence-corrected chi connectivity index (χ1v) is 5.40. The summed E-state index contributed by atoms with van der Waals surface area (Å²) in [6.45, 7) is 5.00. The van der Waals surface area contributed by atoms with Gasteiger partial charge in [-0.2, -0.15) is 0 Å². The van der Waals surface area contributed by atoms with Crippen LogP contribution in [-0.2, 0) is 16.0 Å². The van der Waals surface area contributed by atoms with E-state index in [9.17, 15) is 4.79 Å². The van der Waals surface area contributed by atoms with Crippen molar-refractivity contribution < 1.29 is 9.53 Å². The van der Waals surface area contributed by atoms with Gasteiger partial charge in [-0.25, -0.2) is 9.97 Å². The summed E-state index contributed by atoms with van der Waals surface area (Å²) in [4.78, 5) is 21.2. The molecule has 1 aliphatic rings. The Morgan fingerprint density at radius 1 is 1.50 bits per heavy atom. The van der Waals surface area contributed by atoms with Crippen molar-refractivity contribution in [2.75, 3.05) is 31.2 Å². The van der Waals surface area contributed by atoms with Gasteiger partial charge in [-0.05, 0) is 12.5 Å². The Kier molecular flexibility index (Phi) is 3.46. The van der Waals surface area contributed by atoms with Gasteiger partial charge in [0.05, 0.1) is 13.2 Å². The van der Waals surface area contributed by atoms with E-state index >= 15 is 0 Å². The van der Waals surface area contributed by atoms with E-state index in [0.29, 0.717) is 6.42 Å². The number of aldehydes is 1. The van der Waals surface area contributed by atoms with Crippen LogP contribution in [0.1, 0.15) is 11.3 Å². The van der Waals surface area contributed by atoms with Crippen LogP contribution in [0.5, 0.6) is 0 Å². The molecule has 16 heavy (non-hydrogen) atoms. The smallest absolute Gasteiger partial charge is 0.225 e. The van der Waals surface area contributed by atoms with Crippen LogP contribution in [0.15, 0.2) is 6.20 Å². The van der Waals surface area contributed by atoms with Crippen molar-refractivity contribution in [3.8, 4) is 0 Å². The number of rotatable bonds is 3. The highest BCUT2D eigenvalue weighted by molar-refractivity contribution is 5.55. The largest absolute Gasteiger partial charge is 0.378 e. The number of morpholine rings is 1. The fraction of sp³-hybridized carbons (Fsp3) is 0.545. The molecule has 1 saturated heterocycles. The summed E-state index contributed by atoms with van der Waals surface area (Å²) in [5.74, 6) is 0.732. The van der Waals surface area contributed by atoms with Crippen LogP contribution in [0.25, 0.3) is 0 Å². The lowest BCUT2D eigenvalue weighted by Gasteiger charge is -2.27. The summed E-state index contributed by atoms with van der Waals surface area (Å²) in [6.07, 6.45) is 3.00. The van der Waals surface area contributed by atoms with Crippen molar-refractivity contribution >= 4 is 12.2 Å². The molecular weight excluding hydrogens is 206 g/mol. The first-order valence-electron chi connectivity index (χ1n) is 5.40. The number of hydrogen-bond donors (Lipinski definition) is 0. The molecule has 2 heterocycles. The maximum atomic E-state index is 10.4. The number of aromatic nitrogens is 2. The van der Waals surface area contributed by atoms with Gasteiger partial charge in [0.1, 0.15) is 6.29 Å². The minimum absolute atomic E-state index is 0.384. The molecule has 1 fully saturated rings. The topological polar surface area (TPSA) is 55.3 Å². The Bertz CT molecular complexity index is 375. The molecular formula is C11H15N3O2. The van der Waals surface area contributed by atoms with E-state index in [1.54, 1.807) is 6.20 Å². The molecule has 0 atom stereocenters. The van der Waals surface area contributed by atoms with Crippen LogP contribution < -0.4 is 4.90 Å². The van der Waals surface area contributed by atoms with E-state index < -0.39 is 0 Å². The maximum absolute atomic E-state index is 10.4. The van der Waals surface area contributed by atoms with Gasteiger partial charge in [0.15, 0.2) is 0 Å². The second-order valence-corrected chi connectivity index (χ2v) is 3.75. The van der Waals surface area contributed by atoms with E-state index in [1.807, 2.05) is 6.92 Å². The Morgan fingerprint density at radius 2 is 2.25 bits per heavy atom. The van der Waals surface area contributed by atoms with E-state index in [1.165, 1.54) is 0 Å². The first-order chi connectivity index (χ1) is 7.81. The highest BCUT2D eigenvalue weighted by Gasteiger charge is 2.14. The predicted octanol–water partition coefficient (Wildman–Crippen LogP) is 0.363. The number of nitrogens with zero attached hydrogens (tertiary/aromatic N) is 3. The number of carbonyl (C=O) groups is 1. The number of carbonyl (C=O) groups excluding carboxylic acids is 1. The van der Waals surface area contributed by atoms with Crippen LogP contribution in [0.2, 0.25) is 0 Å². The Morgan fingerprint density at radius 3 is 2.88 bits per heavy atom. The van der Waals surface area contributed by atoms with Crippen molar-refractivity contribution in [3.63, 3.8) is 0 Å². The monoisotopic (exact) mass is 221 g/mol. The lowest BCUT2D eigenvalue weighted by molar-refractivity contribution is -0.107. The zero-order valence-electron chi connectivity index (χ0n) is 9.35. The number of hydrogen-bond acceptors (Lipinski definition) is 5. The Labute approximate surface area is 94.5 Å². The van der Waals surface area contributed by atoms with Gasteiger partial charge in [0.25, 0.3) is 0 Å². The molecule has 0 amide bonds. The van der Waals surface area contributed by atoms with E-state index in [0.717, 1.165) is 49.8 Å². The fourth-order valence-electron chi connectivity index (χ4n) is 1.69. The van der Waals surface area contributed by atoms with Crippen LogP contribution in [0, 0.1) is 6.92 Å².